The third-order valence-electron chi connectivity index (χ3n) is 1.26. The molecule has 0 aromatic carbocycles. The molecule has 0 radical (unpaired) electrons. The van der Waals surface area contributed by atoms with Gasteiger partial charge in [0.25, 0.3) is 0 Å². The topological polar surface area (TPSA) is 20.3 Å². The normalized spacial score (nSPS) is 12.1. The fourth-order valence-electron chi connectivity index (χ4n) is 0.814. The molecule has 2 nitrogen and oxygen atoms in total. The zero-order valence-electron chi connectivity index (χ0n) is 8.72. The van der Waals surface area contributed by atoms with E-state index in [4.69, 9.17) is 0 Å². The quantitative estimate of drug-likeness (QED) is 0.603. The molecule has 0 bridgehead atoms. The maximum Gasteiger partial charge on any atom is 0.157 e. The van der Waals surface area contributed by atoms with Crippen LogP contribution in [0, 0.1) is 5.41 Å². The number of hydrogen-bond donors (Lipinski definition) is 0. The summed E-state index contributed by atoms with van der Waals surface area (Å²) in [4.78, 5) is 13.1. The van der Waals surface area contributed by atoms with Gasteiger partial charge in [-0.25, -0.2) is 0 Å². The average Bonchev–Trinajstić information content (AvgIpc) is 1.79. The van der Waals surface area contributed by atoms with Crippen molar-refractivity contribution in [1.29, 1.82) is 0 Å². The van der Waals surface area contributed by atoms with Crippen molar-refractivity contribution in [1.82, 2.24) is 4.90 Å². The fraction of sp³-hybridized carbons (Fsp3) is 0.700. The Hall–Kier alpha value is -0.790. The van der Waals surface area contributed by atoms with Crippen LogP contribution in [-0.2, 0) is 4.79 Å². The van der Waals surface area contributed by atoms with Gasteiger partial charge in [-0.3, -0.25) is 4.79 Å². The fourth-order valence-corrected chi connectivity index (χ4v) is 0.814. The van der Waals surface area contributed by atoms with Crippen LogP contribution in [0.4, 0.5) is 0 Å². The van der Waals surface area contributed by atoms with Gasteiger partial charge >= 0.3 is 0 Å². The summed E-state index contributed by atoms with van der Waals surface area (Å²) >= 11 is 0. The molecule has 0 aliphatic carbocycles. The molecule has 70 valence electrons. The molecule has 0 aliphatic heterocycles. The largest absolute Gasteiger partial charge is 0.383 e. The van der Waals surface area contributed by atoms with Gasteiger partial charge in [-0.15, -0.1) is 0 Å². The number of nitrogens with zero attached hydrogens (tertiary/aromatic N) is 1. The zero-order valence-corrected chi connectivity index (χ0v) is 8.72. The van der Waals surface area contributed by atoms with Gasteiger partial charge in [-0.1, -0.05) is 20.8 Å². The Balaban J connectivity index is 3.91. The van der Waals surface area contributed by atoms with Gasteiger partial charge in [-0.2, -0.15) is 0 Å². The van der Waals surface area contributed by atoms with Gasteiger partial charge in [0, 0.05) is 26.7 Å². The molecular weight excluding hydrogens is 150 g/mol. The summed E-state index contributed by atoms with van der Waals surface area (Å²) in [6.45, 7) is 6.19. The number of carbonyl (C=O) groups excluding carboxylic acids is 1. The predicted molar refractivity (Wildman–Crippen MR) is 51.9 cm³/mol. The number of allylic oxidation sites excluding steroid dienone is 1. The van der Waals surface area contributed by atoms with Crippen LogP contribution < -0.4 is 0 Å². The minimum absolute atomic E-state index is 0.0910. The molecule has 0 N–H and O–H groups in total. The van der Waals surface area contributed by atoms with Gasteiger partial charge in [-0.05, 0) is 11.5 Å². The smallest absolute Gasteiger partial charge is 0.157 e. The highest BCUT2D eigenvalue weighted by molar-refractivity contribution is 5.89. The molecule has 0 fully saturated rings. The molecule has 12 heavy (non-hydrogen) atoms. The Kier molecular flexibility index (Phi) is 4.01. The average molecular weight is 169 g/mol. The van der Waals surface area contributed by atoms with Crippen LogP contribution in [0.2, 0.25) is 0 Å². The molecule has 0 saturated carbocycles. The molecule has 2 heteroatoms. The second-order valence-corrected chi connectivity index (χ2v) is 4.48. The van der Waals surface area contributed by atoms with E-state index in [1.54, 1.807) is 12.3 Å². The summed E-state index contributed by atoms with van der Waals surface area (Å²) < 4.78 is 0. The Bertz CT molecular complexity index is 175. The maximum atomic E-state index is 11.2. The van der Waals surface area contributed by atoms with Crippen molar-refractivity contribution in [3.05, 3.63) is 12.3 Å². The van der Waals surface area contributed by atoms with Crippen LogP contribution in [0.1, 0.15) is 27.2 Å². The van der Waals surface area contributed by atoms with Crippen LogP contribution in [0.15, 0.2) is 12.3 Å². The summed E-state index contributed by atoms with van der Waals surface area (Å²) in [7, 11) is 3.81. The van der Waals surface area contributed by atoms with E-state index >= 15 is 0 Å². The van der Waals surface area contributed by atoms with Crippen LogP contribution in [-0.4, -0.2) is 24.8 Å². The van der Waals surface area contributed by atoms with Gasteiger partial charge in [0.05, 0.1) is 0 Å². The molecular formula is C10H19NO. The summed E-state index contributed by atoms with van der Waals surface area (Å²) in [5.41, 5.74) is 0.0910. The molecule has 0 spiro atoms. The molecule has 0 saturated heterocycles. The molecule has 0 aromatic heterocycles. The van der Waals surface area contributed by atoms with Crippen LogP contribution >= 0.6 is 0 Å². The molecule has 0 aliphatic rings. The second kappa shape index (κ2) is 4.29. The molecule has 0 heterocycles. The van der Waals surface area contributed by atoms with Crippen molar-refractivity contribution >= 4 is 5.78 Å². The third kappa shape index (κ3) is 7.32. The maximum absolute atomic E-state index is 11.2. The van der Waals surface area contributed by atoms with Crippen LogP contribution in [0.5, 0.6) is 0 Å². The van der Waals surface area contributed by atoms with Crippen molar-refractivity contribution < 1.29 is 4.79 Å². The lowest BCUT2D eigenvalue weighted by Crippen LogP contribution is -2.11. The predicted octanol–water partition coefficient (Wildman–Crippen LogP) is 2.07. The summed E-state index contributed by atoms with van der Waals surface area (Å²) in [6, 6.07) is 0. The highest BCUT2D eigenvalue weighted by Crippen LogP contribution is 2.18. The van der Waals surface area contributed by atoms with Gasteiger partial charge in [0.2, 0.25) is 0 Å². The molecule has 0 amide bonds. The second-order valence-electron chi connectivity index (χ2n) is 4.48. The standard InChI is InChI=1S/C10H19NO/c1-10(2,3)8-9(12)6-7-11(4)5/h6-7H,8H2,1-5H3. The van der Waals surface area contributed by atoms with E-state index in [-0.39, 0.29) is 11.2 Å². The molecule has 0 atom stereocenters. The summed E-state index contributed by atoms with van der Waals surface area (Å²) in [6.07, 6.45) is 4.02. The van der Waals surface area contributed by atoms with Gasteiger partial charge < -0.3 is 4.90 Å². The molecule has 0 aromatic rings. The Morgan fingerprint density at radius 3 is 2.17 bits per heavy atom. The lowest BCUT2D eigenvalue weighted by Gasteiger charge is -2.15. The first-order chi connectivity index (χ1) is 5.31. The Labute approximate surface area is 75.3 Å². The van der Waals surface area contributed by atoms with E-state index < -0.39 is 0 Å². The zero-order chi connectivity index (χ0) is 9.78. The first-order valence-corrected chi connectivity index (χ1v) is 4.19. The third-order valence-corrected chi connectivity index (χ3v) is 1.26. The van der Waals surface area contributed by atoms with Crippen molar-refractivity contribution in [2.45, 2.75) is 27.2 Å². The minimum atomic E-state index is 0.0910. The van der Waals surface area contributed by atoms with Crippen LogP contribution in [0.3, 0.4) is 0 Å². The minimum Gasteiger partial charge on any atom is -0.383 e. The summed E-state index contributed by atoms with van der Waals surface area (Å²) in [5, 5.41) is 0. The lowest BCUT2D eigenvalue weighted by molar-refractivity contribution is -0.116. The Morgan fingerprint density at radius 2 is 1.83 bits per heavy atom. The van der Waals surface area contributed by atoms with E-state index in [0.717, 1.165) is 0 Å². The molecule has 0 rings (SSSR count). The van der Waals surface area contributed by atoms with Gasteiger partial charge in [0.15, 0.2) is 5.78 Å². The monoisotopic (exact) mass is 169 g/mol. The van der Waals surface area contributed by atoms with Crippen molar-refractivity contribution in [3.8, 4) is 0 Å². The first kappa shape index (κ1) is 11.2. The van der Waals surface area contributed by atoms with E-state index in [9.17, 15) is 4.79 Å². The SMILES string of the molecule is CN(C)C=CC(=O)CC(C)(C)C. The summed E-state index contributed by atoms with van der Waals surface area (Å²) in [5.74, 6) is 0.191. The first-order valence-electron chi connectivity index (χ1n) is 4.19. The Morgan fingerprint density at radius 1 is 1.33 bits per heavy atom. The van der Waals surface area contributed by atoms with Crippen LogP contribution in [0.25, 0.3) is 0 Å². The number of rotatable bonds is 3. The van der Waals surface area contributed by atoms with Gasteiger partial charge in [0.1, 0.15) is 0 Å². The van der Waals surface area contributed by atoms with Crippen molar-refractivity contribution in [2.24, 2.45) is 5.41 Å². The van der Waals surface area contributed by atoms with E-state index in [1.807, 2.05) is 19.0 Å². The number of hydrogen-bond acceptors (Lipinski definition) is 2. The van der Waals surface area contributed by atoms with Crippen molar-refractivity contribution in [3.63, 3.8) is 0 Å². The highest BCUT2D eigenvalue weighted by atomic mass is 16.1. The number of carbonyl (C=O) groups is 1. The number of ketones is 1. The lowest BCUT2D eigenvalue weighted by atomic mass is 9.90. The van der Waals surface area contributed by atoms with E-state index in [1.165, 1.54) is 0 Å². The molecule has 0 unspecified atom stereocenters. The van der Waals surface area contributed by atoms with E-state index in [0.29, 0.717) is 6.42 Å². The van der Waals surface area contributed by atoms with E-state index in [2.05, 4.69) is 20.8 Å². The highest BCUT2D eigenvalue weighted by Gasteiger charge is 2.13. The van der Waals surface area contributed by atoms with Crippen molar-refractivity contribution in [2.75, 3.05) is 14.1 Å².